The van der Waals surface area contributed by atoms with E-state index in [0.29, 0.717) is 0 Å². The smallest absolute Gasteiger partial charge is 0.102 e. The van der Waals surface area contributed by atoms with E-state index >= 15 is 0 Å². The van der Waals surface area contributed by atoms with Gasteiger partial charge in [-0.1, -0.05) is 13.2 Å². The van der Waals surface area contributed by atoms with E-state index in [2.05, 4.69) is 20.1 Å². The summed E-state index contributed by atoms with van der Waals surface area (Å²) in [6, 6.07) is 0. The van der Waals surface area contributed by atoms with E-state index in [1.165, 1.54) is 25.8 Å². The Hall–Kier alpha value is 0.0249. The first-order valence-corrected chi connectivity index (χ1v) is 3.12. The van der Waals surface area contributed by atoms with Crippen LogP contribution in [0.2, 0.25) is 6.32 Å². The van der Waals surface area contributed by atoms with Gasteiger partial charge in [-0.2, -0.15) is 0 Å². The van der Waals surface area contributed by atoms with E-state index < -0.39 is 0 Å². The van der Waals surface area contributed by atoms with Gasteiger partial charge in [0.15, 0.2) is 0 Å². The van der Waals surface area contributed by atoms with Crippen LogP contribution >= 0.6 is 0 Å². The van der Waals surface area contributed by atoms with Gasteiger partial charge in [0, 0.05) is 0 Å². The Labute approximate surface area is 46.9 Å². The minimum Gasteiger partial charge on any atom is -0.317 e. The molecule has 0 radical (unpaired) electrons. The summed E-state index contributed by atoms with van der Waals surface area (Å²) in [5.74, 6) is 0. The Morgan fingerprint density at radius 2 is 2.14 bits per heavy atom. The van der Waals surface area contributed by atoms with Crippen LogP contribution in [-0.4, -0.2) is 20.9 Å². The Bertz CT molecular complexity index is 27.3. The quantitative estimate of drug-likeness (QED) is 0.387. The summed E-state index contributed by atoms with van der Waals surface area (Å²) in [5.41, 5.74) is 0. The number of rotatable bonds is 4. The highest BCUT2D eigenvalue weighted by Crippen LogP contribution is 1.69. The molecule has 0 bridgehead atoms. The summed E-state index contributed by atoms with van der Waals surface area (Å²) in [6.45, 7) is 4.53. The second kappa shape index (κ2) is 6.02. The van der Waals surface area contributed by atoms with E-state index in [-0.39, 0.29) is 0 Å². The predicted octanol–water partition coefficient (Wildman–Crippen LogP) is 0.0374. The molecule has 1 nitrogen and oxygen atoms in total. The largest absolute Gasteiger partial charge is 0.317 e. The van der Waals surface area contributed by atoms with Gasteiger partial charge < -0.3 is 5.32 Å². The SMILES string of the molecule is BCCNCCC. The van der Waals surface area contributed by atoms with Crippen LogP contribution in [0.3, 0.4) is 0 Å². The molecule has 0 aromatic heterocycles. The molecule has 42 valence electrons. The summed E-state index contributed by atoms with van der Waals surface area (Å²) in [4.78, 5) is 0. The van der Waals surface area contributed by atoms with Crippen molar-refractivity contribution < 1.29 is 0 Å². The van der Waals surface area contributed by atoms with Crippen LogP contribution in [-0.2, 0) is 0 Å². The monoisotopic (exact) mass is 99.1 g/mol. The molecule has 0 atom stereocenters. The van der Waals surface area contributed by atoms with Crippen molar-refractivity contribution in [3.8, 4) is 0 Å². The molecule has 7 heavy (non-hydrogen) atoms. The molecule has 0 fully saturated rings. The van der Waals surface area contributed by atoms with Gasteiger partial charge >= 0.3 is 0 Å². The summed E-state index contributed by atoms with van der Waals surface area (Å²) in [5, 5.41) is 3.28. The van der Waals surface area contributed by atoms with Crippen LogP contribution < -0.4 is 5.32 Å². The molecule has 0 unspecified atom stereocenters. The first-order chi connectivity index (χ1) is 3.41. The van der Waals surface area contributed by atoms with E-state index in [1.807, 2.05) is 0 Å². The normalized spacial score (nSPS) is 9.29. The van der Waals surface area contributed by atoms with E-state index in [1.54, 1.807) is 0 Å². The summed E-state index contributed by atoms with van der Waals surface area (Å²) >= 11 is 0. The van der Waals surface area contributed by atoms with Crippen molar-refractivity contribution in [1.29, 1.82) is 0 Å². The first-order valence-electron chi connectivity index (χ1n) is 3.12. The lowest BCUT2D eigenvalue weighted by Gasteiger charge is -1.95. The van der Waals surface area contributed by atoms with Crippen molar-refractivity contribution in [3.63, 3.8) is 0 Å². The van der Waals surface area contributed by atoms with Gasteiger partial charge in [-0.05, 0) is 19.5 Å². The van der Waals surface area contributed by atoms with Crippen LogP contribution in [0, 0.1) is 0 Å². The second-order valence-corrected chi connectivity index (χ2v) is 1.75. The zero-order valence-electron chi connectivity index (χ0n) is 5.33. The van der Waals surface area contributed by atoms with Gasteiger partial charge in [0.05, 0.1) is 0 Å². The van der Waals surface area contributed by atoms with Gasteiger partial charge in [0.1, 0.15) is 7.85 Å². The standard InChI is InChI=1S/C5H14BN/c1-2-4-7-5-3-6/h7H,2-6H2,1H3. The van der Waals surface area contributed by atoms with E-state index in [4.69, 9.17) is 0 Å². The third-order valence-corrected chi connectivity index (χ3v) is 0.854. The lowest BCUT2D eigenvalue weighted by molar-refractivity contribution is 0.703. The van der Waals surface area contributed by atoms with Crippen molar-refractivity contribution in [2.24, 2.45) is 0 Å². The highest BCUT2D eigenvalue weighted by atomic mass is 14.8. The molecule has 0 aromatic rings. The van der Waals surface area contributed by atoms with Crippen LogP contribution in [0.25, 0.3) is 0 Å². The van der Waals surface area contributed by atoms with Crippen LogP contribution in [0.5, 0.6) is 0 Å². The fourth-order valence-corrected chi connectivity index (χ4v) is 0.479. The molecular formula is C5H14BN. The van der Waals surface area contributed by atoms with Gasteiger partial charge in [0.25, 0.3) is 0 Å². The van der Waals surface area contributed by atoms with Gasteiger partial charge in [-0.25, -0.2) is 0 Å². The molecule has 1 N–H and O–H groups in total. The topological polar surface area (TPSA) is 12.0 Å². The zero-order valence-corrected chi connectivity index (χ0v) is 5.33. The molecule has 0 spiro atoms. The van der Waals surface area contributed by atoms with Crippen LogP contribution in [0.4, 0.5) is 0 Å². The van der Waals surface area contributed by atoms with Crippen molar-refractivity contribution >= 4 is 7.85 Å². The summed E-state index contributed by atoms with van der Waals surface area (Å²) < 4.78 is 0. The lowest BCUT2D eigenvalue weighted by atomic mass is 10.1. The van der Waals surface area contributed by atoms with Gasteiger partial charge in [-0.3, -0.25) is 0 Å². The Balaban J connectivity index is 2.45. The first kappa shape index (κ1) is 7.02. The molecule has 0 rings (SSSR count). The van der Waals surface area contributed by atoms with Crippen molar-refractivity contribution in [2.45, 2.75) is 19.7 Å². The van der Waals surface area contributed by atoms with E-state index in [0.717, 1.165) is 0 Å². The van der Waals surface area contributed by atoms with Crippen molar-refractivity contribution in [3.05, 3.63) is 0 Å². The van der Waals surface area contributed by atoms with Crippen molar-refractivity contribution in [1.82, 2.24) is 5.32 Å². The minimum absolute atomic E-state index is 1.17. The van der Waals surface area contributed by atoms with Crippen LogP contribution in [0.1, 0.15) is 13.3 Å². The fourth-order valence-electron chi connectivity index (χ4n) is 0.479. The molecule has 0 aliphatic rings. The zero-order chi connectivity index (χ0) is 5.54. The molecule has 0 aliphatic carbocycles. The number of hydrogen-bond acceptors (Lipinski definition) is 1. The molecule has 0 aromatic carbocycles. The molecule has 0 saturated heterocycles. The Morgan fingerprint density at radius 3 is 2.57 bits per heavy atom. The Morgan fingerprint density at radius 1 is 1.43 bits per heavy atom. The van der Waals surface area contributed by atoms with Gasteiger partial charge in [-0.15, -0.1) is 0 Å². The lowest BCUT2D eigenvalue weighted by Crippen LogP contribution is -2.14. The molecule has 0 saturated carbocycles. The Kier molecular flexibility index (Phi) is 6.05. The maximum absolute atomic E-state index is 3.28. The van der Waals surface area contributed by atoms with Crippen molar-refractivity contribution in [2.75, 3.05) is 13.1 Å². The maximum Gasteiger partial charge on any atom is 0.102 e. The van der Waals surface area contributed by atoms with E-state index in [9.17, 15) is 0 Å². The summed E-state index contributed by atoms with van der Waals surface area (Å²) in [7, 11) is 2.18. The maximum atomic E-state index is 3.28. The highest BCUT2D eigenvalue weighted by molar-refractivity contribution is 6.08. The van der Waals surface area contributed by atoms with Gasteiger partial charge in [0.2, 0.25) is 0 Å². The third-order valence-electron chi connectivity index (χ3n) is 0.854. The number of hydrogen-bond donors (Lipinski definition) is 1. The average molecular weight is 99.0 g/mol. The highest BCUT2D eigenvalue weighted by Gasteiger charge is 1.76. The second-order valence-electron chi connectivity index (χ2n) is 1.75. The number of nitrogens with one attached hydrogen (secondary N) is 1. The molecule has 0 heterocycles. The third kappa shape index (κ3) is 6.02. The van der Waals surface area contributed by atoms with Crippen LogP contribution in [0.15, 0.2) is 0 Å². The molecule has 0 aliphatic heterocycles. The predicted molar refractivity (Wildman–Crippen MR) is 36.5 cm³/mol. The fraction of sp³-hybridized carbons (Fsp3) is 1.00. The molecule has 2 heteroatoms. The molecular weight excluding hydrogens is 84.9 g/mol. The molecule has 0 amide bonds. The summed E-state index contributed by atoms with van der Waals surface area (Å²) in [6.07, 6.45) is 2.50. The minimum atomic E-state index is 1.17. The average Bonchev–Trinajstić information content (AvgIpc) is 1.69.